The summed E-state index contributed by atoms with van der Waals surface area (Å²) in [5.41, 5.74) is 4.08. The van der Waals surface area contributed by atoms with Crippen molar-refractivity contribution in [1.29, 1.82) is 0 Å². The lowest BCUT2D eigenvalue weighted by atomic mass is 9.87. The third kappa shape index (κ3) is 3.77. The smallest absolute Gasteiger partial charge is 0.133 e. The van der Waals surface area contributed by atoms with E-state index in [4.69, 9.17) is 15.3 Å². The van der Waals surface area contributed by atoms with Crippen molar-refractivity contribution in [3.63, 3.8) is 0 Å². The SMILES string of the molecule is CCOC1(C(Cc2ccc(OC)c(Br)c2)NN)CCCC1. The van der Waals surface area contributed by atoms with Gasteiger partial charge in [-0.1, -0.05) is 18.9 Å². The van der Waals surface area contributed by atoms with Gasteiger partial charge in [-0.15, -0.1) is 0 Å². The van der Waals surface area contributed by atoms with Crippen LogP contribution in [-0.2, 0) is 11.2 Å². The van der Waals surface area contributed by atoms with E-state index in [1.165, 1.54) is 18.4 Å². The molecule has 21 heavy (non-hydrogen) atoms. The van der Waals surface area contributed by atoms with Crippen molar-refractivity contribution in [3.8, 4) is 5.75 Å². The molecule has 0 amide bonds. The van der Waals surface area contributed by atoms with E-state index in [0.717, 1.165) is 36.1 Å². The van der Waals surface area contributed by atoms with Crippen LogP contribution in [-0.4, -0.2) is 25.4 Å². The summed E-state index contributed by atoms with van der Waals surface area (Å²) in [6, 6.07) is 6.29. The summed E-state index contributed by atoms with van der Waals surface area (Å²) in [6.07, 6.45) is 5.42. The van der Waals surface area contributed by atoms with Gasteiger partial charge in [0.25, 0.3) is 0 Å². The summed E-state index contributed by atoms with van der Waals surface area (Å²) in [5, 5.41) is 0. The first-order valence-electron chi connectivity index (χ1n) is 7.57. The summed E-state index contributed by atoms with van der Waals surface area (Å²) in [7, 11) is 1.67. The number of methoxy groups -OCH3 is 1. The van der Waals surface area contributed by atoms with Crippen LogP contribution in [0.4, 0.5) is 0 Å². The van der Waals surface area contributed by atoms with Gasteiger partial charge in [0.2, 0.25) is 0 Å². The lowest BCUT2D eigenvalue weighted by molar-refractivity contribution is -0.0613. The van der Waals surface area contributed by atoms with Crippen LogP contribution >= 0.6 is 15.9 Å². The van der Waals surface area contributed by atoms with E-state index in [2.05, 4.69) is 40.4 Å². The standard InChI is InChI=1S/C16H25BrN2O2/c1-3-21-16(8-4-5-9-16)15(19-18)11-12-6-7-14(20-2)13(17)10-12/h6-7,10,15,19H,3-5,8-9,11,18H2,1-2H3. The summed E-state index contributed by atoms with van der Waals surface area (Å²) < 4.78 is 12.4. The highest BCUT2D eigenvalue weighted by molar-refractivity contribution is 9.10. The van der Waals surface area contributed by atoms with Crippen LogP contribution in [0.2, 0.25) is 0 Å². The van der Waals surface area contributed by atoms with E-state index in [1.54, 1.807) is 7.11 Å². The number of nitrogens with two attached hydrogens (primary N) is 1. The second kappa shape index (κ2) is 7.58. The van der Waals surface area contributed by atoms with Gasteiger partial charge in [0.1, 0.15) is 5.75 Å². The normalized spacial score (nSPS) is 18.7. The molecule has 118 valence electrons. The molecule has 0 radical (unpaired) electrons. The molecule has 1 aromatic carbocycles. The highest BCUT2D eigenvalue weighted by Gasteiger charge is 2.41. The van der Waals surface area contributed by atoms with E-state index in [9.17, 15) is 0 Å². The van der Waals surface area contributed by atoms with Crippen molar-refractivity contribution in [2.24, 2.45) is 5.84 Å². The number of hydrogen-bond acceptors (Lipinski definition) is 4. The average Bonchev–Trinajstić information content (AvgIpc) is 2.95. The number of rotatable bonds is 7. The Morgan fingerprint density at radius 2 is 2.10 bits per heavy atom. The minimum absolute atomic E-state index is 0.125. The zero-order valence-electron chi connectivity index (χ0n) is 12.8. The molecule has 0 heterocycles. The van der Waals surface area contributed by atoms with Crippen LogP contribution in [0.25, 0.3) is 0 Å². The van der Waals surface area contributed by atoms with Crippen molar-refractivity contribution < 1.29 is 9.47 Å². The second-order valence-electron chi connectivity index (χ2n) is 5.60. The Morgan fingerprint density at radius 1 is 1.38 bits per heavy atom. The maximum atomic E-state index is 6.11. The van der Waals surface area contributed by atoms with E-state index >= 15 is 0 Å². The Labute approximate surface area is 135 Å². The van der Waals surface area contributed by atoms with E-state index in [-0.39, 0.29) is 11.6 Å². The molecule has 1 saturated carbocycles. The van der Waals surface area contributed by atoms with Crippen LogP contribution in [0.15, 0.2) is 22.7 Å². The Hall–Kier alpha value is -0.620. The van der Waals surface area contributed by atoms with Gasteiger partial charge in [0, 0.05) is 6.61 Å². The van der Waals surface area contributed by atoms with Gasteiger partial charge in [-0.25, -0.2) is 0 Å². The van der Waals surface area contributed by atoms with Gasteiger partial charge in [0.15, 0.2) is 0 Å². The van der Waals surface area contributed by atoms with Gasteiger partial charge >= 0.3 is 0 Å². The molecule has 0 saturated heterocycles. The predicted octanol–water partition coefficient (Wildman–Crippen LogP) is 3.18. The van der Waals surface area contributed by atoms with Crippen LogP contribution in [0.5, 0.6) is 5.75 Å². The largest absolute Gasteiger partial charge is 0.496 e. The van der Waals surface area contributed by atoms with Crippen LogP contribution in [0.3, 0.4) is 0 Å². The minimum atomic E-state index is -0.129. The van der Waals surface area contributed by atoms with Crippen LogP contribution in [0, 0.1) is 0 Å². The van der Waals surface area contributed by atoms with Gasteiger partial charge in [0.05, 0.1) is 23.2 Å². The topological polar surface area (TPSA) is 56.5 Å². The summed E-state index contributed by atoms with van der Waals surface area (Å²) in [5.74, 6) is 6.69. The molecule has 0 bridgehead atoms. The Kier molecular flexibility index (Phi) is 6.05. The summed E-state index contributed by atoms with van der Waals surface area (Å²) in [6.45, 7) is 2.78. The number of nitrogens with one attached hydrogen (secondary N) is 1. The lowest BCUT2D eigenvalue weighted by Gasteiger charge is -2.37. The third-order valence-corrected chi connectivity index (χ3v) is 4.99. The molecule has 2 rings (SSSR count). The molecule has 1 aromatic rings. The molecule has 1 unspecified atom stereocenters. The number of hydrazine groups is 1. The van der Waals surface area contributed by atoms with E-state index in [1.807, 2.05) is 6.07 Å². The molecule has 1 aliphatic rings. The van der Waals surface area contributed by atoms with Crippen molar-refractivity contribution >= 4 is 15.9 Å². The lowest BCUT2D eigenvalue weighted by Crippen LogP contribution is -2.54. The van der Waals surface area contributed by atoms with Gasteiger partial charge in [-0.2, -0.15) is 0 Å². The fraction of sp³-hybridized carbons (Fsp3) is 0.625. The molecule has 1 aliphatic carbocycles. The molecule has 1 fully saturated rings. The molecule has 0 aliphatic heterocycles. The summed E-state index contributed by atoms with van der Waals surface area (Å²) in [4.78, 5) is 0. The molecular formula is C16H25BrN2O2. The van der Waals surface area contributed by atoms with Gasteiger partial charge < -0.3 is 9.47 Å². The van der Waals surface area contributed by atoms with Crippen molar-refractivity contribution in [2.45, 2.75) is 50.7 Å². The van der Waals surface area contributed by atoms with Gasteiger partial charge in [-0.3, -0.25) is 11.3 Å². The zero-order valence-corrected chi connectivity index (χ0v) is 14.4. The van der Waals surface area contributed by atoms with Crippen molar-refractivity contribution in [3.05, 3.63) is 28.2 Å². The fourth-order valence-corrected chi connectivity index (χ4v) is 3.91. The Morgan fingerprint density at radius 3 is 2.62 bits per heavy atom. The fourth-order valence-electron chi connectivity index (χ4n) is 3.32. The van der Waals surface area contributed by atoms with E-state index in [0.29, 0.717) is 0 Å². The number of ether oxygens (including phenoxy) is 2. The van der Waals surface area contributed by atoms with Crippen LogP contribution in [0.1, 0.15) is 38.2 Å². The monoisotopic (exact) mass is 356 g/mol. The maximum Gasteiger partial charge on any atom is 0.133 e. The highest BCUT2D eigenvalue weighted by atomic mass is 79.9. The molecule has 0 spiro atoms. The first kappa shape index (κ1) is 16.7. The molecule has 1 atom stereocenters. The molecule has 3 N–H and O–H groups in total. The van der Waals surface area contributed by atoms with Gasteiger partial charge in [-0.05, 0) is 59.8 Å². The van der Waals surface area contributed by atoms with Crippen molar-refractivity contribution in [2.75, 3.05) is 13.7 Å². The third-order valence-electron chi connectivity index (χ3n) is 4.37. The predicted molar refractivity (Wildman–Crippen MR) is 88.3 cm³/mol. The van der Waals surface area contributed by atoms with Crippen LogP contribution < -0.4 is 16.0 Å². The maximum absolute atomic E-state index is 6.11. The van der Waals surface area contributed by atoms with Crippen molar-refractivity contribution in [1.82, 2.24) is 5.43 Å². The molecule has 4 nitrogen and oxygen atoms in total. The number of hydrogen-bond donors (Lipinski definition) is 2. The number of halogens is 1. The summed E-state index contributed by atoms with van der Waals surface area (Å²) >= 11 is 3.54. The Bertz CT molecular complexity index is 462. The molecule has 5 heteroatoms. The van der Waals surface area contributed by atoms with E-state index < -0.39 is 0 Å². The first-order chi connectivity index (χ1) is 10.1. The second-order valence-corrected chi connectivity index (χ2v) is 6.45. The number of benzene rings is 1. The minimum Gasteiger partial charge on any atom is -0.496 e. The highest BCUT2D eigenvalue weighted by Crippen LogP contribution is 2.37. The first-order valence-corrected chi connectivity index (χ1v) is 8.37. The average molecular weight is 357 g/mol. The molecule has 0 aromatic heterocycles. The Balaban J connectivity index is 2.16. The quantitative estimate of drug-likeness (QED) is 0.581. The molecular weight excluding hydrogens is 332 g/mol. The zero-order chi connectivity index (χ0) is 15.3.